The van der Waals surface area contributed by atoms with Crippen LogP contribution >= 0.6 is 23.2 Å². The molecule has 0 aliphatic carbocycles. The Morgan fingerprint density at radius 2 is 1.92 bits per heavy atom. The second-order valence-electron chi connectivity index (χ2n) is 5.80. The van der Waals surface area contributed by atoms with E-state index in [2.05, 4.69) is 4.98 Å². The first kappa shape index (κ1) is 17.5. The number of hydrogen-bond acceptors (Lipinski definition) is 3. The molecule has 6 nitrogen and oxygen atoms in total. The van der Waals surface area contributed by atoms with Gasteiger partial charge < -0.3 is 14.8 Å². The Morgan fingerprint density at radius 1 is 1.20 bits per heavy atom. The first-order valence-electron chi connectivity index (χ1n) is 7.62. The molecule has 2 amide bonds. The van der Waals surface area contributed by atoms with Gasteiger partial charge in [0.15, 0.2) is 0 Å². The molecule has 1 aliphatic heterocycles. The quantitative estimate of drug-likeness (QED) is 0.871. The van der Waals surface area contributed by atoms with E-state index in [1.165, 1.54) is 17.2 Å². The summed E-state index contributed by atoms with van der Waals surface area (Å²) in [6.07, 6.45) is 1.30. The maximum absolute atomic E-state index is 12.7. The number of pyridine rings is 1. The molecular formula is C17H15Cl2N3O3. The van der Waals surface area contributed by atoms with Gasteiger partial charge in [0.2, 0.25) is 5.91 Å². The molecule has 0 bridgehead atoms. The number of amides is 2. The van der Waals surface area contributed by atoms with Gasteiger partial charge in [-0.1, -0.05) is 35.3 Å². The maximum atomic E-state index is 12.7. The number of aromatic amines is 1. The van der Waals surface area contributed by atoms with Crippen molar-refractivity contribution in [2.75, 3.05) is 18.0 Å². The SMILES string of the molecule is C[C@@H]1CN(c2ccccc2Cl)C(=O)CN1C(=O)c1c[nH]c(=O)c(Cl)c1. The van der Waals surface area contributed by atoms with E-state index in [9.17, 15) is 14.4 Å². The molecule has 0 unspecified atom stereocenters. The van der Waals surface area contributed by atoms with Gasteiger partial charge in [-0.25, -0.2) is 0 Å². The molecule has 1 saturated heterocycles. The third-order valence-electron chi connectivity index (χ3n) is 4.09. The van der Waals surface area contributed by atoms with Crippen LogP contribution in [0.2, 0.25) is 10.0 Å². The maximum Gasteiger partial charge on any atom is 0.266 e. The van der Waals surface area contributed by atoms with Crippen LogP contribution in [-0.2, 0) is 4.79 Å². The minimum atomic E-state index is -0.467. The fraction of sp³-hybridized carbons (Fsp3) is 0.235. The van der Waals surface area contributed by atoms with E-state index in [0.717, 1.165) is 0 Å². The topological polar surface area (TPSA) is 73.5 Å². The smallest absolute Gasteiger partial charge is 0.266 e. The lowest BCUT2D eigenvalue weighted by atomic mass is 10.1. The van der Waals surface area contributed by atoms with Crippen LogP contribution in [0, 0.1) is 0 Å². The number of anilines is 1. The summed E-state index contributed by atoms with van der Waals surface area (Å²) in [4.78, 5) is 42.0. The fourth-order valence-corrected chi connectivity index (χ4v) is 3.18. The average Bonchev–Trinajstić information content (AvgIpc) is 2.59. The van der Waals surface area contributed by atoms with Crippen molar-refractivity contribution >= 4 is 40.7 Å². The molecule has 1 fully saturated rings. The molecule has 1 N–H and O–H groups in total. The molecule has 1 aliphatic rings. The highest BCUT2D eigenvalue weighted by Crippen LogP contribution is 2.28. The molecule has 0 saturated carbocycles. The number of nitrogens with zero attached hydrogens (tertiary/aromatic N) is 2. The van der Waals surface area contributed by atoms with Gasteiger partial charge in [-0.3, -0.25) is 14.4 Å². The van der Waals surface area contributed by atoms with Crippen LogP contribution < -0.4 is 10.5 Å². The highest BCUT2D eigenvalue weighted by molar-refractivity contribution is 6.34. The van der Waals surface area contributed by atoms with Gasteiger partial charge in [0, 0.05) is 18.8 Å². The van der Waals surface area contributed by atoms with E-state index in [4.69, 9.17) is 23.2 Å². The van der Waals surface area contributed by atoms with Crippen molar-refractivity contribution in [3.05, 3.63) is 62.5 Å². The standard InChI is InChI=1S/C17H15Cl2N3O3/c1-10-8-22(14-5-3-2-4-12(14)18)15(23)9-21(10)17(25)11-6-13(19)16(24)20-7-11/h2-7,10H,8-9H2,1H3,(H,20,24)/t10-/m1/s1. The summed E-state index contributed by atoms with van der Waals surface area (Å²) >= 11 is 12.0. The van der Waals surface area contributed by atoms with Crippen LogP contribution in [0.5, 0.6) is 0 Å². The summed E-state index contributed by atoms with van der Waals surface area (Å²) in [5.41, 5.74) is 0.390. The van der Waals surface area contributed by atoms with Crippen LogP contribution in [-0.4, -0.2) is 40.8 Å². The van der Waals surface area contributed by atoms with Crippen molar-refractivity contribution < 1.29 is 9.59 Å². The zero-order valence-electron chi connectivity index (χ0n) is 13.3. The van der Waals surface area contributed by atoms with E-state index in [1.807, 2.05) is 6.92 Å². The second kappa shape index (κ2) is 6.90. The minimum absolute atomic E-state index is 0.0699. The Labute approximate surface area is 154 Å². The fourth-order valence-electron chi connectivity index (χ4n) is 2.77. The van der Waals surface area contributed by atoms with Gasteiger partial charge in [-0.05, 0) is 25.1 Å². The number of H-pyrrole nitrogens is 1. The lowest BCUT2D eigenvalue weighted by Crippen LogP contribution is -2.57. The molecule has 25 heavy (non-hydrogen) atoms. The van der Waals surface area contributed by atoms with Crippen LogP contribution in [0.25, 0.3) is 0 Å². The number of benzene rings is 1. The number of carbonyl (C=O) groups excluding carboxylic acids is 2. The monoisotopic (exact) mass is 379 g/mol. The van der Waals surface area contributed by atoms with Crippen LogP contribution in [0.1, 0.15) is 17.3 Å². The number of carbonyl (C=O) groups is 2. The Kier molecular flexibility index (Phi) is 4.83. The first-order valence-corrected chi connectivity index (χ1v) is 8.38. The van der Waals surface area contributed by atoms with E-state index in [-0.39, 0.29) is 35.0 Å². The molecule has 1 aromatic carbocycles. The highest BCUT2D eigenvalue weighted by atomic mass is 35.5. The number of hydrogen-bond donors (Lipinski definition) is 1. The normalized spacial score (nSPS) is 17.7. The van der Waals surface area contributed by atoms with Crippen molar-refractivity contribution in [1.29, 1.82) is 0 Å². The molecule has 0 radical (unpaired) electrons. The third-order valence-corrected chi connectivity index (χ3v) is 4.69. The van der Waals surface area contributed by atoms with E-state index >= 15 is 0 Å². The Balaban J connectivity index is 1.83. The summed E-state index contributed by atoms with van der Waals surface area (Å²) in [6.45, 7) is 2.09. The van der Waals surface area contributed by atoms with Crippen molar-refractivity contribution in [2.45, 2.75) is 13.0 Å². The lowest BCUT2D eigenvalue weighted by molar-refractivity contribution is -0.121. The number of rotatable bonds is 2. The molecule has 3 rings (SSSR count). The largest absolute Gasteiger partial charge is 0.327 e. The molecule has 1 atom stereocenters. The summed E-state index contributed by atoms with van der Waals surface area (Å²) in [5, 5.41) is 0.412. The summed E-state index contributed by atoms with van der Waals surface area (Å²) in [7, 11) is 0. The van der Waals surface area contributed by atoms with Crippen molar-refractivity contribution in [3.8, 4) is 0 Å². The average molecular weight is 380 g/mol. The number of halogens is 2. The molecule has 2 aromatic rings. The number of para-hydroxylation sites is 1. The van der Waals surface area contributed by atoms with Crippen molar-refractivity contribution in [3.63, 3.8) is 0 Å². The molecular weight excluding hydrogens is 365 g/mol. The lowest BCUT2D eigenvalue weighted by Gasteiger charge is -2.39. The van der Waals surface area contributed by atoms with Gasteiger partial charge in [0.25, 0.3) is 11.5 Å². The second-order valence-corrected chi connectivity index (χ2v) is 6.62. The van der Waals surface area contributed by atoms with E-state index < -0.39 is 5.56 Å². The van der Waals surface area contributed by atoms with E-state index in [0.29, 0.717) is 17.3 Å². The van der Waals surface area contributed by atoms with Crippen molar-refractivity contribution in [2.24, 2.45) is 0 Å². The van der Waals surface area contributed by atoms with Gasteiger partial charge in [0.1, 0.15) is 11.6 Å². The molecule has 0 spiro atoms. The summed E-state index contributed by atoms with van der Waals surface area (Å²) in [5.74, 6) is -0.590. The zero-order valence-corrected chi connectivity index (χ0v) is 14.8. The number of aromatic nitrogens is 1. The summed E-state index contributed by atoms with van der Waals surface area (Å²) in [6, 6.07) is 8.16. The van der Waals surface area contributed by atoms with Crippen LogP contribution in [0.3, 0.4) is 0 Å². The Hall–Kier alpha value is -2.31. The van der Waals surface area contributed by atoms with Crippen molar-refractivity contribution in [1.82, 2.24) is 9.88 Å². The predicted octanol–water partition coefficient (Wildman–Crippen LogP) is 2.56. The van der Waals surface area contributed by atoms with Gasteiger partial charge in [-0.2, -0.15) is 0 Å². The Bertz CT molecular complexity index is 897. The van der Waals surface area contributed by atoms with Gasteiger partial charge >= 0.3 is 0 Å². The molecule has 8 heteroatoms. The zero-order chi connectivity index (χ0) is 18.1. The number of piperazine rings is 1. The molecule has 130 valence electrons. The van der Waals surface area contributed by atoms with Gasteiger partial charge in [-0.15, -0.1) is 0 Å². The minimum Gasteiger partial charge on any atom is -0.327 e. The van der Waals surface area contributed by atoms with Crippen LogP contribution in [0.15, 0.2) is 41.3 Å². The van der Waals surface area contributed by atoms with Crippen LogP contribution in [0.4, 0.5) is 5.69 Å². The summed E-state index contributed by atoms with van der Waals surface area (Å²) < 4.78 is 0. The molecule has 1 aromatic heterocycles. The highest BCUT2D eigenvalue weighted by Gasteiger charge is 2.34. The molecule has 2 heterocycles. The van der Waals surface area contributed by atoms with Gasteiger partial charge in [0.05, 0.1) is 16.3 Å². The predicted molar refractivity (Wildman–Crippen MR) is 96.4 cm³/mol. The Morgan fingerprint density at radius 3 is 2.60 bits per heavy atom. The van der Waals surface area contributed by atoms with E-state index in [1.54, 1.807) is 29.2 Å². The number of nitrogens with one attached hydrogen (secondary N) is 1. The first-order chi connectivity index (χ1) is 11.9. The third kappa shape index (κ3) is 3.41.